The molecule has 5 heteroatoms. The van der Waals surface area contributed by atoms with Gasteiger partial charge in [-0.25, -0.2) is 4.79 Å². The molecule has 0 saturated carbocycles. The fraction of sp³-hybridized carbons (Fsp3) is 0.588. The molecule has 1 unspecified atom stereocenters. The minimum atomic E-state index is 0.0244. The van der Waals surface area contributed by atoms with Crippen LogP contribution in [0.4, 0.5) is 4.79 Å². The van der Waals surface area contributed by atoms with E-state index >= 15 is 0 Å². The zero-order chi connectivity index (χ0) is 15.2. The fourth-order valence-corrected chi connectivity index (χ4v) is 3.15. The van der Waals surface area contributed by atoms with Crippen LogP contribution in [-0.4, -0.2) is 61.8 Å². The number of amides is 2. The van der Waals surface area contributed by atoms with E-state index in [1.54, 1.807) is 0 Å². The first-order chi connectivity index (χ1) is 10.8. The normalized spacial score (nSPS) is 20.8. The molecule has 2 heterocycles. The topological polar surface area (TPSA) is 44.8 Å². The smallest absolute Gasteiger partial charge is 0.318 e. The number of carbonyl (C=O) groups excluding carboxylic acids is 1. The van der Waals surface area contributed by atoms with Crippen molar-refractivity contribution < 1.29 is 9.53 Å². The zero-order valence-electron chi connectivity index (χ0n) is 13.0. The number of hydrogen-bond acceptors (Lipinski definition) is 3. The SMILES string of the molecule is O=C(NC(CN1CCCC1)c1ccccc1)N1CCOCC1. The Morgan fingerprint density at radius 1 is 1.09 bits per heavy atom. The van der Waals surface area contributed by atoms with Crippen molar-refractivity contribution >= 4 is 6.03 Å². The van der Waals surface area contributed by atoms with Crippen molar-refractivity contribution in [2.75, 3.05) is 45.9 Å². The van der Waals surface area contributed by atoms with E-state index in [0.717, 1.165) is 19.6 Å². The van der Waals surface area contributed by atoms with Crippen molar-refractivity contribution in [1.29, 1.82) is 0 Å². The van der Waals surface area contributed by atoms with Crippen LogP contribution in [-0.2, 0) is 4.74 Å². The highest BCUT2D eigenvalue weighted by Crippen LogP contribution is 2.18. The molecule has 1 aromatic carbocycles. The molecule has 2 aliphatic rings. The van der Waals surface area contributed by atoms with Crippen LogP contribution in [0.5, 0.6) is 0 Å². The van der Waals surface area contributed by atoms with Gasteiger partial charge in [-0.05, 0) is 31.5 Å². The van der Waals surface area contributed by atoms with Gasteiger partial charge in [0.1, 0.15) is 0 Å². The summed E-state index contributed by atoms with van der Waals surface area (Å²) in [5.74, 6) is 0. The molecular formula is C17H25N3O2. The Bertz CT molecular complexity index is 468. The number of rotatable bonds is 4. The van der Waals surface area contributed by atoms with Gasteiger partial charge in [0.25, 0.3) is 0 Å². The van der Waals surface area contributed by atoms with E-state index in [4.69, 9.17) is 4.74 Å². The predicted molar refractivity (Wildman–Crippen MR) is 85.8 cm³/mol. The van der Waals surface area contributed by atoms with Gasteiger partial charge in [-0.15, -0.1) is 0 Å². The van der Waals surface area contributed by atoms with Crippen LogP contribution >= 0.6 is 0 Å². The molecule has 1 atom stereocenters. The van der Waals surface area contributed by atoms with Crippen molar-refractivity contribution in [3.63, 3.8) is 0 Å². The van der Waals surface area contributed by atoms with Crippen molar-refractivity contribution in [2.24, 2.45) is 0 Å². The monoisotopic (exact) mass is 303 g/mol. The molecule has 0 aromatic heterocycles. The second kappa shape index (κ2) is 7.61. The Hall–Kier alpha value is -1.59. The van der Waals surface area contributed by atoms with Gasteiger partial charge in [-0.2, -0.15) is 0 Å². The summed E-state index contributed by atoms with van der Waals surface area (Å²) in [5, 5.41) is 3.22. The summed E-state index contributed by atoms with van der Waals surface area (Å²) >= 11 is 0. The Kier molecular flexibility index (Phi) is 5.29. The maximum atomic E-state index is 12.5. The molecule has 0 spiro atoms. The quantitative estimate of drug-likeness (QED) is 0.923. The summed E-state index contributed by atoms with van der Waals surface area (Å²) in [6.07, 6.45) is 2.53. The highest BCUT2D eigenvalue weighted by molar-refractivity contribution is 5.74. The first kappa shape index (κ1) is 15.3. The summed E-state index contributed by atoms with van der Waals surface area (Å²) in [7, 11) is 0. The van der Waals surface area contributed by atoms with Gasteiger partial charge in [-0.3, -0.25) is 0 Å². The van der Waals surface area contributed by atoms with Crippen LogP contribution < -0.4 is 5.32 Å². The van der Waals surface area contributed by atoms with Crippen molar-refractivity contribution in [3.8, 4) is 0 Å². The highest BCUT2D eigenvalue weighted by atomic mass is 16.5. The van der Waals surface area contributed by atoms with Crippen LogP contribution in [0.2, 0.25) is 0 Å². The van der Waals surface area contributed by atoms with Crippen LogP contribution in [0, 0.1) is 0 Å². The zero-order valence-corrected chi connectivity index (χ0v) is 13.0. The largest absolute Gasteiger partial charge is 0.378 e. The highest BCUT2D eigenvalue weighted by Gasteiger charge is 2.23. The van der Waals surface area contributed by atoms with Gasteiger partial charge < -0.3 is 19.9 Å². The Labute approximate surface area is 132 Å². The third kappa shape index (κ3) is 3.99. The van der Waals surface area contributed by atoms with Gasteiger partial charge in [0.15, 0.2) is 0 Å². The number of hydrogen-bond donors (Lipinski definition) is 1. The van der Waals surface area contributed by atoms with Gasteiger partial charge in [0.2, 0.25) is 0 Å². The molecular weight excluding hydrogens is 278 g/mol. The Morgan fingerprint density at radius 3 is 2.45 bits per heavy atom. The van der Waals surface area contributed by atoms with E-state index < -0.39 is 0 Å². The van der Waals surface area contributed by atoms with E-state index in [2.05, 4.69) is 22.3 Å². The first-order valence-corrected chi connectivity index (χ1v) is 8.23. The molecule has 2 amide bonds. The molecule has 120 valence electrons. The maximum Gasteiger partial charge on any atom is 0.318 e. The van der Waals surface area contributed by atoms with E-state index in [0.29, 0.717) is 26.3 Å². The lowest BCUT2D eigenvalue weighted by molar-refractivity contribution is 0.0521. The van der Waals surface area contributed by atoms with Crippen molar-refractivity contribution in [2.45, 2.75) is 18.9 Å². The first-order valence-electron chi connectivity index (χ1n) is 8.23. The van der Waals surface area contributed by atoms with Crippen molar-refractivity contribution in [3.05, 3.63) is 35.9 Å². The second-order valence-corrected chi connectivity index (χ2v) is 6.02. The number of nitrogens with one attached hydrogen (secondary N) is 1. The van der Waals surface area contributed by atoms with E-state index in [-0.39, 0.29) is 12.1 Å². The average Bonchev–Trinajstić information content (AvgIpc) is 3.09. The summed E-state index contributed by atoms with van der Waals surface area (Å²) in [6, 6.07) is 10.4. The number of urea groups is 1. The molecule has 0 bridgehead atoms. The van der Waals surface area contributed by atoms with Crippen LogP contribution in [0.1, 0.15) is 24.4 Å². The number of likely N-dealkylation sites (tertiary alicyclic amines) is 1. The summed E-state index contributed by atoms with van der Waals surface area (Å²) in [6.45, 7) is 5.78. The lowest BCUT2D eigenvalue weighted by Gasteiger charge is -2.31. The van der Waals surface area contributed by atoms with E-state index in [1.807, 2.05) is 23.1 Å². The Morgan fingerprint density at radius 2 is 1.77 bits per heavy atom. The summed E-state index contributed by atoms with van der Waals surface area (Å²) in [5.41, 5.74) is 1.18. The fourth-order valence-electron chi connectivity index (χ4n) is 3.15. The minimum Gasteiger partial charge on any atom is -0.378 e. The minimum absolute atomic E-state index is 0.0244. The summed E-state index contributed by atoms with van der Waals surface area (Å²) in [4.78, 5) is 16.8. The third-order valence-electron chi connectivity index (χ3n) is 4.44. The second-order valence-electron chi connectivity index (χ2n) is 6.02. The van der Waals surface area contributed by atoms with Gasteiger partial charge in [0.05, 0.1) is 19.3 Å². The predicted octanol–water partition coefficient (Wildman–Crippen LogP) is 1.87. The lowest BCUT2D eigenvalue weighted by atomic mass is 10.1. The molecule has 1 aromatic rings. The number of ether oxygens (including phenoxy) is 1. The number of morpholine rings is 1. The van der Waals surface area contributed by atoms with Crippen LogP contribution in [0.25, 0.3) is 0 Å². The molecule has 0 radical (unpaired) electrons. The van der Waals surface area contributed by atoms with Crippen LogP contribution in [0.3, 0.4) is 0 Å². The maximum absolute atomic E-state index is 12.5. The molecule has 5 nitrogen and oxygen atoms in total. The number of nitrogens with zero attached hydrogens (tertiary/aromatic N) is 2. The van der Waals surface area contributed by atoms with Gasteiger partial charge in [0, 0.05) is 19.6 Å². The molecule has 22 heavy (non-hydrogen) atoms. The molecule has 3 rings (SSSR count). The van der Waals surface area contributed by atoms with Gasteiger partial charge >= 0.3 is 6.03 Å². The van der Waals surface area contributed by atoms with E-state index in [1.165, 1.54) is 18.4 Å². The molecule has 1 N–H and O–H groups in total. The molecule has 0 aliphatic carbocycles. The molecule has 2 saturated heterocycles. The lowest BCUT2D eigenvalue weighted by Crippen LogP contribution is -2.48. The Balaban J connectivity index is 1.65. The number of benzene rings is 1. The van der Waals surface area contributed by atoms with Crippen LogP contribution in [0.15, 0.2) is 30.3 Å². The van der Waals surface area contributed by atoms with E-state index in [9.17, 15) is 4.79 Å². The standard InChI is InChI=1S/C17H25N3O2/c21-17(20-10-12-22-13-11-20)18-16(14-19-8-4-5-9-19)15-6-2-1-3-7-15/h1-3,6-7,16H,4-5,8-14H2,(H,18,21). The third-order valence-corrected chi connectivity index (χ3v) is 4.44. The summed E-state index contributed by atoms with van der Waals surface area (Å²) < 4.78 is 5.32. The van der Waals surface area contributed by atoms with Crippen molar-refractivity contribution in [1.82, 2.24) is 15.1 Å². The average molecular weight is 303 g/mol. The number of carbonyl (C=O) groups is 1. The molecule has 2 aliphatic heterocycles. The molecule has 2 fully saturated rings. The van der Waals surface area contributed by atoms with Gasteiger partial charge in [-0.1, -0.05) is 30.3 Å².